The van der Waals surface area contributed by atoms with Crippen molar-refractivity contribution in [2.75, 3.05) is 27.4 Å². The van der Waals surface area contributed by atoms with Gasteiger partial charge in [0.15, 0.2) is 11.4 Å². The van der Waals surface area contributed by atoms with Crippen molar-refractivity contribution in [3.63, 3.8) is 0 Å². The number of carbonyl (C=O) groups is 2. The van der Waals surface area contributed by atoms with Crippen molar-refractivity contribution in [3.8, 4) is 5.75 Å². The second-order valence-electron chi connectivity index (χ2n) is 7.23. The van der Waals surface area contributed by atoms with Crippen molar-refractivity contribution in [2.24, 2.45) is 0 Å². The van der Waals surface area contributed by atoms with Crippen LogP contribution in [0.2, 0.25) is 0 Å². The maximum absolute atomic E-state index is 13.7. The molecule has 10 nitrogen and oxygen atoms in total. The third kappa shape index (κ3) is 4.64. The molecule has 1 aliphatic rings. The number of amides is 2. The number of carbonyl (C=O) groups excluding carboxylic acids is 2. The van der Waals surface area contributed by atoms with Gasteiger partial charge in [-0.25, -0.2) is 4.39 Å². The Bertz CT molecular complexity index is 1090. The van der Waals surface area contributed by atoms with Gasteiger partial charge in [-0.15, -0.1) is 0 Å². The van der Waals surface area contributed by atoms with Crippen molar-refractivity contribution >= 4 is 11.8 Å². The van der Waals surface area contributed by atoms with Crippen LogP contribution in [0.25, 0.3) is 0 Å². The number of benzene rings is 1. The van der Waals surface area contributed by atoms with E-state index in [1.54, 1.807) is 0 Å². The topological polar surface area (TPSA) is 130 Å². The molecule has 1 aromatic heterocycles. The van der Waals surface area contributed by atoms with Crippen LogP contribution >= 0.6 is 0 Å². The van der Waals surface area contributed by atoms with Crippen LogP contribution in [0, 0.1) is 5.82 Å². The highest BCUT2D eigenvalue weighted by molar-refractivity contribution is 5.99. The number of nitrogens with one attached hydrogen (secondary N) is 1. The van der Waals surface area contributed by atoms with E-state index in [1.807, 2.05) is 0 Å². The molecule has 11 heteroatoms. The Morgan fingerprint density at radius 3 is 2.72 bits per heavy atom. The lowest BCUT2D eigenvalue weighted by Gasteiger charge is -2.34. The number of aromatic hydroxyl groups is 1. The summed E-state index contributed by atoms with van der Waals surface area (Å²) in [6.45, 7) is 0.131. The van der Waals surface area contributed by atoms with Crippen molar-refractivity contribution in [1.29, 1.82) is 0 Å². The number of hydrogen-bond donors (Lipinski definition) is 3. The normalized spacial score (nSPS) is 15.6. The van der Waals surface area contributed by atoms with E-state index in [2.05, 4.69) is 5.32 Å². The minimum Gasteiger partial charge on any atom is -0.503 e. The van der Waals surface area contributed by atoms with Crippen LogP contribution in [0.3, 0.4) is 0 Å². The Morgan fingerprint density at radius 2 is 2.03 bits per heavy atom. The van der Waals surface area contributed by atoms with Gasteiger partial charge in [-0.3, -0.25) is 14.4 Å². The van der Waals surface area contributed by atoms with E-state index in [4.69, 9.17) is 9.47 Å². The maximum Gasteiger partial charge on any atom is 0.276 e. The number of hydrogen-bond acceptors (Lipinski definition) is 7. The highest BCUT2D eigenvalue weighted by Crippen LogP contribution is 2.22. The fraction of sp³-hybridized carbons (Fsp3) is 0.381. The third-order valence-corrected chi connectivity index (χ3v) is 5.08. The van der Waals surface area contributed by atoms with Gasteiger partial charge in [0.05, 0.1) is 19.8 Å². The molecule has 0 radical (unpaired) electrons. The number of aliphatic hydroxyl groups excluding tert-OH is 1. The Labute approximate surface area is 182 Å². The van der Waals surface area contributed by atoms with E-state index < -0.39 is 40.6 Å². The van der Waals surface area contributed by atoms with Gasteiger partial charge < -0.3 is 34.5 Å². The van der Waals surface area contributed by atoms with Gasteiger partial charge in [-0.2, -0.15) is 0 Å². The summed E-state index contributed by atoms with van der Waals surface area (Å²) in [7, 11) is 2.87. The summed E-state index contributed by atoms with van der Waals surface area (Å²) in [5, 5.41) is 23.2. The molecule has 0 bridgehead atoms. The number of methoxy groups -OCH3 is 2. The monoisotopic (exact) mass is 449 g/mol. The smallest absolute Gasteiger partial charge is 0.276 e. The summed E-state index contributed by atoms with van der Waals surface area (Å²) in [6.07, 6.45) is -0.0934. The van der Waals surface area contributed by atoms with Crippen LogP contribution in [0.5, 0.6) is 5.75 Å². The van der Waals surface area contributed by atoms with Gasteiger partial charge in [-0.1, -0.05) is 6.07 Å². The number of fused-ring (bicyclic) bond motifs is 1. The highest BCUT2D eigenvalue weighted by Gasteiger charge is 2.35. The van der Waals surface area contributed by atoms with E-state index in [-0.39, 0.29) is 38.5 Å². The molecule has 1 aromatic carbocycles. The number of halogens is 1. The lowest BCUT2D eigenvalue weighted by atomic mass is 10.1. The first-order valence-corrected chi connectivity index (χ1v) is 9.77. The lowest BCUT2D eigenvalue weighted by Crippen LogP contribution is -2.50. The van der Waals surface area contributed by atoms with Gasteiger partial charge in [-0.05, 0) is 17.7 Å². The molecule has 0 aliphatic carbocycles. The summed E-state index contributed by atoms with van der Waals surface area (Å²) in [5.41, 5.74) is -0.819. The summed E-state index contributed by atoms with van der Waals surface area (Å²) >= 11 is 0. The Hall–Kier alpha value is -3.28. The average Bonchev–Trinajstić information content (AvgIpc) is 2.76. The highest BCUT2D eigenvalue weighted by atomic mass is 19.1. The van der Waals surface area contributed by atoms with Crippen LogP contribution in [0.1, 0.15) is 32.0 Å². The number of nitrogens with zero attached hydrogens (tertiary/aromatic N) is 2. The molecular weight excluding hydrogens is 425 g/mol. The number of pyridine rings is 1. The van der Waals surface area contributed by atoms with Gasteiger partial charge in [0.25, 0.3) is 11.8 Å². The van der Waals surface area contributed by atoms with E-state index in [0.717, 1.165) is 11.1 Å². The summed E-state index contributed by atoms with van der Waals surface area (Å²) in [5.74, 6) is -2.86. The second kappa shape index (κ2) is 9.90. The van der Waals surface area contributed by atoms with Gasteiger partial charge in [0.1, 0.15) is 17.6 Å². The first-order valence-electron chi connectivity index (χ1n) is 9.77. The van der Waals surface area contributed by atoms with Crippen molar-refractivity contribution in [2.45, 2.75) is 25.9 Å². The molecule has 3 N–H and O–H groups in total. The van der Waals surface area contributed by atoms with Gasteiger partial charge in [0.2, 0.25) is 5.43 Å². The standard InChI is InChI=1S/C21H24FN3O7/c1-31-6-5-25-16(26)10-24-9-14(18(27)19(28)17(24)21(25)30)20(29)23-8-12-3-4-15(22)13(7-12)11-32-2/h3-4,7,9,16,26,28H,5-6,8,10-11H2,1-2H3,(H,23,29). The molecule has 0 fully saturated rings. The molecule has 0 saturated carbocycles. The predicted molar refractivity (Wildman–Crippen MR) is 110 cm³/mol. The fourth-order valence-corrected chi connectivity index (χ4v) is 3.45. The molecule has 3 rings (SSSR count). The zero-order valence-corrected chi connectivity index (χ0v) is 17.6. The van der Waals surface area contributed by atoms with Crippen molar-refractivity contribution in [1.82, 2.24) is 14.8 Å². The first-order chi connectivity index (χ1) is 15.3. The first kappa shape index (κ1) is 23.4. The lowest BCUT2D eigenvalue weighted by molar-refractivity contribution is -0.0206. The van der Waals surface area contributed by atoms with Crippen LogP contribution in [-0.4, -0.2) is 65.1 Å². The summed E-state index contributed by atoms with van der Waals surface area (Å²) < 4.78 is 24.8. The van der Waals surface area contributed by atoms with Gasteiger partial charge in [0, 0.05) is 39.1 Å². The van der Waals surface area contributed by atoms with E-state index >= 15 is 0 Å². The number of aromatic nitrogens is 1. The molecule has 1 unspecified atom stereocenters. The molecule has 2 heterocycles. The minimum atomic E-state index is -1.22. The van der Waals surface area contributed by atoms with E-state index in [1.165, 1.54) is 37.0 Å². The molecular formula is C21H24FN3O7. The largest absolute Gasteiger partial charge is 0.503 e. The zero-order valence-electron chi connectivity index (χ0n) is 17.6. The number of aliphatic hydroxyl groups is 1. The van der Waals surface area contributed by atoms with E-state index in [0.29, 0.717) is 11.1 Å². The SMILES string of the molecule is COCCN1C(=O)c2c(O)c(=O)c(C(=O)NCc3ccc(F)c(COC)c3)cn2CC1O. The molecule has 0 saturated heterocycles. The van der Waals surface area contributed by atoms with Crippen molar-refractivity contribution in [3.05, 3.63) is 62.8 Å². The van der Waals surface area contributed by atoms with Crippen LogP contribution in [0.4, 0.5) is 4.39 Å². The Morgan fingerprint density at radius 1 is 1.28 bits per heavy atom. The molecule has 0 spiro atoms. The third-order valence-electron chi connectivity index (χ3n) is 5.08. The fourth-order valence-electron chi connectivity index (χ4n) is 3.45. The van der Waals surface area contributed by atoms with E-state index in [9.17, 15) is 29.0 Å². The van der Waals surface area contributed by atoms with Crippen LogP contribution < -0.4 is 10.7 Å². The zero-order chi connectivity index (χ0) is 23.4. The predicted octanol–water partition coefficient (Wildman–Crippen LogP) is 0.190. The molecule has 2 aromatic rings. The maximum atomic E-state index is 13.7. The number of rotatable bonds is 8. The van der Waals surface area contributed by atoms with Crippen LogP contribution in [-0.2, 0) is 29.2 Å². The summed E-state index contributed by atoms with van der Waals surface area (Å²) in [4.78, 5) is 38.9. The minimum absolute atomic E-state index is 0.00979. The van der Waals surface area contributed by atoms with Gasteiger partial charge >= 0.3 is 0 Å². The molecule has 1 aliphatic heterocycles. The molecule has 172 valence electrons. The molecule has 2 amide bonds. The molecule has 1 atom stereocenters. The Kier molecular flexibility index (Phi) is 7.23. The average molecular weight is 449 g/mol. The van der Waals surface area contributed by atoms with Crippen molar-refractivity contribution < 1.29 is 33.7 Å². The Balaban J connectivity index is 1.83. The number of ether oxygens (including phenoxy) is 2. The summed E-state index contributed by atoms with van der Waals surface area (Å²) in [6, 6.07) is 4.26. The quantitative estimate of drug-likeness (QED) is 0.525. The molecule has 32 heavy (non-hydrogen) atoms. The van der Waals surface area contributed by atoms with Crippen LogP contribution in [0.15, 0.2) is 29.2 Å². The second-order valence-corrected chi connectivity index (χ2v) is 7.23.